The monoisotopic (exact) mass is 774 g/mol. The summed E-state index contributed by atoms with van der Waals surface area (Å²) in [6.45, 7) is 0. The molecule has 0 bridgehead atoms. The van der Waals surface area contributed by atoms with Gasteiger partial charge in [-0.25, -0.2) is 8.78 Å². The zero-order chi connectivity index (χ0) is 38.5. The predicted molar refractivity (Wildman–Crippen MR) is 236 cm³/mol. The minimum absolute atomic E-state index is 0.0663. The van der Waals surface area contributed by atoms with Crippen molar-refractivity contribution >= 4 is 51.0 Å². The van der Waals surface area contributed by atoms with Gasteiger partial charge in [-0.3, -0.25) is 0 Å². The van der Waals surface area contributed by atoms with E-state index in [1.807, 2.05) is 42.5 Å². The zero-order valence-electron chi connectivity index (χ0n) is 30.6. The maximum Gasteiger partial charge on any atom is 0.123 e. The molecule has 1 aliphatic carbocycles. The largest absolute Gasteiger partial charge is 0.207 e. The molecule has 0 aliphatic heterocycles. The zero-order valence-corrected chi connectivity index (χ0v) is 32.2. The van der Waals surface area contributed by atoms with Crippen molar-refractivity contribution in [2.75, 3.05) is 0 Å². The first-order valence-corrected chi connectivity index (χ1v) is 20.1. The summed E-state index contributed by atoms with van der Waals surface area (Å²) in [5.74, 6) is -0.493. The van der Waals surface area contributed by atoms with E-state index in [4.69, 9.17) is 11.6 Å². The second kappa shape index (κ2) is 14.7. The lowest BCUT2D eigenvalue weighted by molar-refractivity contribution is 0.627. The van der Waals surface area contributed by atoms with Gasteiger partial charge in [0.05, 0.1) is 5.02 Å². The summed E-state index contributed by atoms with van der Waals surface area (Å²) in [7, 11) is 0. The average Bonchev–Trinajstić information content (AvgIpc) is 3.69. The molecule has 57 heavy (non-hydrogen) atoms. The summed E-state index contributed by atoms with van der Waals surface area (Å²) in [5, 5.41) is 4.95. The number of fused-ring (bicyclic) bond motifs is 3. The van der Waals surface area contributed by atoms with Crippen molar-refractivity contribution in [1.29, 1.82) is 0 Å². The number of benzene rings is 9. The first-order valence-electron chi connectivity index (χ1n) is 18.9. The number of allylic oxidation sites excluding steroid dienone is 1. The van der Waals surface area contributed by atoms with E-state index < -0.39 is 0 Å². The fraction of sp³-hybridized carbons (Fsp3) is 0.0189. The van der Waals surface area contributed by atoms with Gasteiger partial charge in [-0.05, 0) is 125 Å². The van der Waals surface area contributed by atoms with Crippen molar-refractivity contribution in [2.45, 2.75) is 15.7 Å². The molecular formula is C53H33ClF2S. The van der Waals surface area contributed by atoms with Crippen molar-refractivity contribution in [1.82, 2.24) is 0 Å². The molecule has 1 aliphatic rings. The normalized spacial score (nSPS) is 13.4. The highest BCUT2D eigenvalue weighted by Crippen LogP contribution is 2.48. The highest BCUT2D eigenvalue weighted by molar-refractivity contribution is 7.99. The lowest BCUT2D eigenvalue weighted by Crippen LogP contribution is -1.98. The Hall–Kier alpha value is -6.26. The second-order valence-corrected chi connectivity index (χ2v) is 15.8. The van der Waals surface area contributed by atoms with Gasteiger partial charge in [0.1, 0.15) is 11.6 Å². The molecule has 0 heterocycles. The average molecular weight is 775 g/mol. The van der Waals surface area contributed by atoms with Crippen molar-refractivity contribution in [2.24, 2.45) is 0 Å². The highest BCUT2D eigenvalue weighted by Gasteiger charge is 2.25. The molecule has 4 heteroatoms. The van der Waals surface area contributed by atoms with Crippen LogP contribution in [0.1, 0.15) is 22.6 Å². The number of hydrogen-bond acceptors (Lipinski definition) is 1. The first kappa shape index (κ1) is 35.2. The van der Waals surface area contributed by atoms with Crippen LogP contribution < -0.4 is 0 Å². The molecule has 1 unspecified atom stereocenters. The molecule has 0 nitrogen and oxygen atoms in total. The molecule has 0 spiro atoms. The van der Waals surface area contributed by atoms with Crippen LogP contribution in [0.3, 0.4) is 0 Å². The van der Waals surface area contributed by atoms with Gasteiger partial charge in [0.15, 0.2) is 0 Å². The van der Waals surface area contributed by atoms with Gasteiger partial charge in [-0.2, -0.15) is 0 Å². The van der Waals surface area contributed by atoms with Crippen LogP contribution >= 0.6 is 23.4 Å². The third-order valence-corrected chi connectivity index (χ3v) is 12.7. The summed E-state index contributed by atoms with van der Waals surface area (Å²) in [4.78, 5) is 2.07. The summed E-state index contributed by atoms with van der Waals surface area (Å²) in [5.41, 5.74) is 12.0. The van der Waals surface area contributed by atoms with E-state index in [0.29, 0.717) is 0 Å². The smallest absolute Gasteiger partial charge is 0.123 e. The highest BCUT2D eigenvalue weighted by atomic mass is 35.5. The number of hydrogen-bond donors (Lipinski definition) is 0. The molecule has 1 atom stereocenters. The molecule has 0 saturated heterocycles. The summed E-state index contributed by atoms with van der Waals surface area (Å²) < 4.78 is 28.5. The van der Waals surface area contributed by atoms with Gasteiger partial charge in [-0.1, -0.05) is 175 Å². The molecule has 0 saturated carbocycles. The molecule has 0 N–H and O–H groups in total. The lowest BCUT2D eigenvalue weighted by atomic mass is 9.83. The molecule has 0 fully saturated rings. The predicted octanol–water partition coefficient (Wildman–Crippen LogP) is 15.9. The molecule has 0 radical (unpaired) electrons. The maximum absolute atomic E-state index is 14.3. The fourth-order valence-electron chi connectivity index (χ4n) is 8.47. The van der Waals surface area contributed by atoms with Gasteiger partial charge in [-0.15, -0.1) is 0 Å². The van der Waals surface area contributed by atoms with E-state index in [1.165, 1.54) is 46.5 Å². The summed E-state index contributed by atoms with van der Waals surface area (Å²) >= 11 is 8.92. The minimum atomic E-state index is -0.282. The van der Waals surface area contributed by atoms with Crippen LogP contribution in [0.5, 0.6) is 0 Å². The van der Waals surface area contributed by atoms with Crippen LogP contribution in [0.2, 0.25) is 5.02 Å². The van der Waals surface area contributed by atoms with Crippen LogP contribution in [0.4, 0.5) is 8.78 Å². The van der Waals surface area contributed by atoms with Gasteiger partial charge >= 0.3 is 0 Å². The molecule has 9 aromatic rings. The Morgan fingerprint density at radius 3 is 1.70 bits per heavy atom. The molecular weight excluding hydrogens is 742 g/mol. The summed E-state index contributed by atoms with van der Waals surface area (Å²) in [6.07, 6.45) is 4.49. The third-order valence-electron chi connectivity index (χ3n) is 11.1. The summed E-state index contributed by atoms with van der Waals surface area (Å²) in [6, 6.07) is 60.1. The first-order chi connectivity index (χ1) is 28.0. The van der Waals surface area contributed by atoms with Crippen molar-refractivity contribution < 1.29 is 8.78 Å². The Morgan fingerprint density at radius 1 is 0.439 bits per heavy atom. The third kappa shape index (κ3) is 6.34. The van der Waals surface area contributed by atoms with E-state index in [-0.39, 0.29) is 17.6 Å². The molecule has 272 valence electrons. The Kier molecular flexibility index (Phi) is 9.05. The lowest BCUT2D eigenvalue weighted by Gasteiger charge is -2.20. The van der Waals surface area contributed by atoms with Crippen molar-refractivity contribution in [3.63, 3.8) is 0 Å². The Labute approximate surface area is 339 Å². The molecule has 0 amide bonds. The van der Waals surface area contributed by atoms with Crippen LogP contribution in [-0.2, 0) is 0 Å². The second-order valence-electron chi connectivity index (χ2n) is 14.3. The SMILES string of the molecule is Fc1ccc(-c2c3ccccc3c(-c3ccc(F)cc3)c3c(-c4ccc(Sc5cccc(C6C=Cc7c(-c8ccccc8)cccc76)c5Cl)cc4)cccc23)cc1. The van der Waals surface area contributed by atoms with Gasteiger partial charge < -0.3 is 0 Å². The molecule has 9 aromatic carbocycles. The quantitative estimate of drug-likeness (QED) is 0.145. The van der Waals surface area contributed by atoms with Crippen LogP contribution in [0, 0.1) is 11.6 Å². The molecule has 10 rings (SSSR count). The Morgan fingerprint density at radius 2 is 0.982 bits per heavy atom. The van der Waals surface area contributed by atoms with Gasteiger partial charge in [0, 0.05) is 15.7 Å². The van der Waals surface area contributed by atoms with E-state index in [0.717, 1.165) is 75.3 Å². The Bertz CT molecular complexity index is 2990. The van der Waals surface area contributed by atoms with Crippen LogP contribution in [-0.4, -0.2) is 0 Å². The topological polar surface area (TPSA) is 0 Å². The van der Waals surface area contributed by atoms with E-state index in [9.17, 15) is 8.78 Å². The number of halogens is 3. The van der Waals surface area contributed by atoms with E-state index in [2.05, 4.69) is 127 Å². The fourth-order valence-corrected chi connectivity index (χ4v) is 9.71. The maximum atomic E-state index is 14.3. The van der Waals surface area contributed by atoms with Gasteiger partial charge in [0.2, 0.25) is 0 Å². The van der Waals surface area contributed by atoms with E-state index >= 15 is 0 Å². The Balaban J connectivity index is 1.05. The number of rotatable bonds is 7. The van der Waals surface area contributed by atoms with Crippen LogP contribution in [0.15, 0.2) is 198 Å². The standard InChI is InChI=1S/C53H33ClF2S/c54-53-47(44-32-31-43-40(13-6-15-42(43)44)33-9-2-1-3-10-33)16-8-18-49(53)57-39-29-23-34(24-30-39)41-14-7-17-48-50(35-19-25-37(55)26-20-35)45-11-4-5-12-46(45)51(52(41)48)36-21-27-38(56)28-22-36/h1-32,44H. The van der Waals surface area contributed by atoms with Crippen LogP contribution in [0.25, 0.3) is 72.1 Å². The van der Waals surface area contributed by atoms with Crippen molar-refractivity contribution in [3.8, 4) is 44.5 Å². The van der Waals surface area contributed by atoms with Crippen molar-refractivity contribution in [3.05, 3.63) is 221 Å². The molecule has 0 aromatic heterocycles. The van der Waals surface area contributed by atoms with Gasteiger partial charge in [0.25, 0.3) is 0 Å². The van der Waals surface area contributed by atoms with E-state index in [1.54, 1.807) is 11.8 Å². The minimum Gasteiger partial charge on any atom is -0.207 e.